The van der Waals surface area contributed by atoms with E-state index in [1.807, 2.05) is 6.92 Å². The first-order valence-corrected chi connectivity index (χ1v) is 10.2. The van der Waals surface area contributed by atoms with Crippen LogP contribution in [0.25, 0.3) is 0 Å². The molecular formula is C21H28N2O4. The van der Waals surface area contributed by atoms with Gasteiger partial charge >= 0.3 is 5.97 Å². The number of aromatic nitrogens is 2. The van der Waals surface area contributed by atoms with Crippen molar-refractivity contribution in [2.75, 3.05) is 0 Å². The summed E-state index contributed by atoms with van der Waals surface area (Å²) in [7, 11) is 0. The van der Waals surface area contributed by atoms with E-state index in [0.717, 1.165) is 25.7 Å². The van der Waals surface area contributed by atoms with Gasteiger partial charge in [-0.3, -0.25) is 9.59 Å². The van der Waals surface area contributed by atoms with Gasteiger partial charge in [-0.1, -0.05) is 6.92 Å². The largest absolute Gasteiger partial charge is 0.450 e. The summed E-state index contributed by atoms with van der Waals surface area (Å²) in [5, 5.41) is 4.09. The molecule has 1 aromatic heterocycles. The summed E-state index contributed by atoms with van der Waals surface area (Å²) in [6, 6.07) is 2.70. The van der Waals surface area contributed by atoms with Crippen LogP contribution in [0, 0.1) is 23.2 Å². The minimum absolute atomic E-state index is 0.0770. The maximum atomic E-state index is 13.2. The molecule has 0 radical (unpaired) electrons. The number of ketones is 1. The highest BCUT2D eigenvalue weighted by Gasteiger charge is 2.55. The molecule has 4 saturated carbocycles. The fourth-order valence-electron chi connectivity index (χ4n) is 6.05. The van der Waals surface area contributed by atoms with Gasteiger partial charge in [0.2, 0.25) is 0 Å². The van der Waals surface area contributed by atoms with Crippen molar-refractivity contribution in [3.8, 4) is 0 Å². The second-order valence-corrected chi connectivity index (χ2v) is 8.89. The quantitative estimate of drug-likeness (QED) is 0.718. The van der Waals surface area contributed by atoms with Gasteiger partial charge in [0.15, 0.2) is 17.6 Å². The molecule has 6 nitrogen and oxygen atoms in total. The summed E-state index contributed by atoms with van der Waals surface area (Å²) in [6.45, 7) is 4.06. The predicted octanol–water partition coefficient (Wildman–Crippen LogP) is 2.98. The Kier molecular flexibility index (Phi) is 4.68. The molecule has 0 saturated heterocycles. The lowest BCUT2D eigenvalue weighted by Gasteiger charge is -2.56. The first-order chi connectivity index (χ1) is 12.9. The SMILES string of the molecule is CCCn1nc(C(=O)OC(C)C(=O)C23CC4CC(CC(C4)C2)C3)ccc1=O. The number of Topliss-reactive ketones (excluding diaryl/α,β-unsaturated/α-hetero) is 1. The van der Waals surface area contributed by atoms with Gasteiger partial charge in [-0.25, -0.2) is 9.48 Å². The van der Waals surface area contributed by atoms with Crippen molar-refractivity contribution in [2.45, 2.75) is 71.4 Å². The molecule has 1 atom stereocenters. The van der Waals surface area contributed by atoms with Crippen LogP contribution >= 0.6 is 0 Å². The molecule has 27 heavy (non-hydrogen) atoms. The molecule has 146 valence electrons. The van der Waals surface area contributed by atoms with Crippen molar-refractivity contribution in [1.29, 1.82) is 0 Å². The van der Waals surface area contributed by atoms with Gasteiger partial charge in [0, 0.05) is 18.0 Å². The highest BCUT2D eigenvalue weighted by molar-refractivity contribution is 5.93. The highest BCUT2D eigenvalue weighted by atomic mass is 16.5. The van der Waals surface area contributed by atoms with Crippen molar-refractivity contribution in [2.24, 2.45) is 23.2 Å². The van der Waals surface area contributed by atoms with Crippen LogP contribution < -0.4 is 5.56 Å². The molecule has 4 fully saturated rings. The van der Waals surface area contributed by atoms with E-state index in [4.69, 9.17) is 4.74 Å². The van der Waals surface area contributed by atoms with E-state index in [1.165, 1.54) is 36.1 Å². The summed E-state index contributed by atoms with van der Waals surface area (Å²) >= 11 is 0. The summed E-state index contributed by atoms with van der Waals surface area (Å²) in [5.74, 6) is 1.45. The average molecular weight is 372 g/mol. The third kappa shape index (κ3) is 3.34. The minimum Gasteiger partial charge on any atom is -0.450 e. The summed E-state index contributed by atoms with van der Waals surface area (Å²) in [4.78, 5) is 37.5. The molecular weight excluding hydrogens is 344 g/mol. The molecule has 0 amide bonds. The Morgan fingerprint density at radius 1 is 1.19 bits per heavy atom. The molecule has 0 aromatic carbocycles. The van der Waals surface area contributed by atoms with Gasteiger partial charge in [0.25, 0.3) is 5.56 Å². The van der Waals surface area contributed by atoms with E-state index in [1.54, 1.807) is 6.92 Å². The smallest absolute Gasteiger partial charge is 0.359 e. The molecule has 4 bridgehead atoms. The minimum atomic E-state index is -0.776. The van der Waals surface area contributed by atoms with E-state index >= 15 is 0 Å². The van der Waals surface area contributed by atoms with Crippen LogP contribution in [0.5, 0.6) is 0 Å². The van der Waals surface area contributed by atoms with Crippen LogP contribution in [0.15, 0.2) is 16.9 Å². The Bertz CT molecular complexity index is 777. The predicted molar refractivity (Wildman–Crippen MR) is 99.3 cm³/mol. The molecule has 1 aromatic rings. The zero-order valence-electron chi connectivity index (χ0n) is 16.1. The summed E-state index contributed by atoms with van der Waals surface area (Å²) < 4.78 is 6.76. The highest BCUT2D eigenvalue weighted by Crippen LogP contribution is 2.60. The van der Waals surface area contributed by atoms with Crippen LogP contribution in [0.1, 0.15) is 69.3 Å². The number of hydrogen-bond donors (Lipinski definition) is 0. The van der Waals surface area contributed by atoms with E-state index < -0.39 is 12.1 Å². The van der Waals surface area contributed by atoms with Crippen LogP contribution in [-0.2, 0) is 16.1 Å². The van der Waals surface area contributed by atoms with Crippen LogP contribution in [-0.4, -0.2) is 27.6 Å². The standard InChI is InChI=1S/C21H28N2O4/c1-3-6-23-18(24)5-4-17(22-23)20(26)27-13(2)19(25)21-10-14-7-15(11-21)9-16(8-14)12-21/h4-5,13-16H,3,6-12H2,1-2H3. The summed E-state index contributed by atoms with van der Waals surface area (Å²) in [5.41, 5.74) is -0.456. The number of nitrogens with zero attached hydrogens (tertiary/aromatic N) is 2. The van der Waals surface area contributed by atoms with E-state index in [2.05, 4.69) is 5.10 Å². The molecule has 0 spiro atoms. The summed E-state index contributed by atoms with van der Waals surface area (Å²) in [6.07, 6.45) is 6.64. The second kappa shape index (κ2) is 6.88. The average Bonchev–Trinajstić information content (AvgIpc) is 2.61. The lowest BCUT2D eigenvalue weighted by Crippen LogP contribution is -2.52. The van der Waals surface area contributed by atoms with Gasteiger partial charge in [0.1, 0.15) is 0 Å². The first kappa shape index (κ1) is 18.4. The van der Waals surface area contributed by atoms with Crippen LogP contribution in [0.2, 0.25) is 0 Å². The third-order valence-corrected chi connectivity index (χ3v) is 6.73. The molecule has 0 aliphatic heterocycles. The van der Waals surface area contributed by atoms with Crippen molar-refractivity contribution >= 4 is 11.8 Å². The number of carbonyl (C=O) groups is 2. The number of aryl methyl sites for hydroxylation is 1. The maximum absolute atomic E-state index is 13.2. The zero-order valence-corrected chi connectivity index (χ0v) is 16.1. The molecule has 4 aliphatic rings. The molecule has 4 aliphatic carbocycles. The maximum Gasteiger partial charge on any atom is 0.359 e. The van der Waals surface area contributed by atoms with Crippen LogP contribution in [0.4, 0.5) is 0 Å². The number of carbonyl (C=O) groups excluding carboxylic acids is 2. The van der Waals surface area contributed by atoms with Gasteiger partial charge in [0.05, 0.1) is 0 Å². The Balaban J connectivity index is 1.47. The lowest BCUT2D eigenvalue weighted by molar-refractivity contribution is -0.152. The molecule has 5 rings (SSSR count). The Labute approximate surface area is 159 Å². The van der Waals surface area contributed by atoms with Gasteiger partial charge < -0.3 is 4.74 Å². The van der Waals surface area contributed by atoms with Gasteiger partial charge in [-0.15, -0.1) is 0 Å². The first-order valence-electron chi connectivity index (χ1n) is 10.2. The number of rotatable bonds is 6. The number of hydrogen-bond acceptors (Lipinski definition) is 5. The van der Waals surface area contributed by atoms with Crippen molar-refractivity contribution in [3.05, 3.63) is 28.2 Å². The van der Waals surface area contributed by atoms with Crippen molar-refractivity contribution in [1.82, 2.24) is 9.78 Å². The van der Waals surface area contributed by atoms with Gasteiger partial charge in [-0.05, 0) is 75.7 Å². The monoisotopic (exact) mass is 372 g/mol. The fraction of sp³-hybridized carbons (Fsp3) is 0.714. The zero-order chi connectivity index (χ0) is 19.2. The van der Waals surface area contributed by atoms with Crippen molar-refractivity contribution < 1.29 is 14.3 Å². The fourth-order valence-corrected chi connectivity index (χ4v) is 6.05. The van der Waals surface area contributed by atoms with E-state index in [0.29, 0.717) is 24.3 Å². The van der Waals surface area contributed by atoms with Gasteiger partial charge in [-0.2, -0.15) is 5.10 Å². The molecule has 0 N–H and O–H groups in total. The molecule has 1 unspecified atom stereocenters. The van der Waals surface area contributed by atoms with E-state index in [-0.39, 0.29) is 22.5 Å². The Morgan fingerprint density at radius 2 is 1.78 bits per heavy atom. The number of ether oxygens (including phenoxy) is 1. The van der Waals surface area contributed by atoms with Crippen LogP contribution in [0.3, 0.4) is 0 Å². The van der Waals surface area contributed by atoms with E-state index in [9.17, 15) is 14.4 Å². The normalized spacial score (nSPS) is 32.3. The third-order valence-electron chi connectivity index (χ3n) is 6.73. The second-order valence-electron chi connectivity index (χ2n) is 8.89. The Morgan fingerprint density at radius 3 is 2.33 bits per heavy atom. The number of esters is 1. The Hall–Kier alpha value is -1.98. The lowest BCUT2D eigenvalue weighted by atomic mass is 9.48. The topological polar surface area (TPSA) is 78.3 Å². The van der Waals surface area contributed by atoms with Crippen molar-refractivity contribution in [3.63, 3.8) is 0 Å². The molecule has 6 heteroatoms. The molecule has 1 heterocycles.